The maximum atomic E-state index is 13.0. The van der Waals surface area contributed by atoms with Gasteiger partial charge in [0.15, 0.2) is 0 Å². The summed E-state index contributed by atoms with van der Waals surface area (Å²) in [5.41, 5.74) is 1.95. The van der Waals surface area contributed by atoms with Crippen molar-refractivity contribution in [2.45, 2.75) is 58.5 Å². The van der Waals surface area contributed by atoms with E-state index in [4.69, 9.17) is 4.18 Å². The van der Waals surface area contributed by atoms with Gasteiger partial charge in [-0.3, -0.25) is 8.98 Å². The zero-order valence-electron chi connectivity index (χ0n) is 21.2. The van der Waals surface area contributed by atoms with Crippen molar-refractivity contribution in [1.82, 2.24) is 9.36 Å². The van der Waals surface area contributed by atoms with E-state index >= 15 is 0 Å². The van der Waals surface area contributed by atoms with Crippen LogP contribution in [-0.4, -0.2) is 54.8 Å². The standard InChI is InChI=1S/C23H33F3N4O5S2/c1-15(2)14-30(10-6-5-7-11-35-37(4,33)34)19-9-8-17(16(3)12-20(31)32)13-18(19)27-22-28-21(29-36-22)23(24,25)26/h8-9,13,15-16H,5-7,10-12,14H2,1-4H3,(H,31,32)(H,27,28,29)/t16-/m1/s1. The number of aliphatic carboxylic acids is 1. The van der Waals surface area contributed by atoms with Crippen LogP contribution in [-0.2, 0) is 25.3 Å². The molecule has 0 aliphatic heterocycles. The van der Waals surface area contributed by atoms with Gasteiger partial charge in [0, 0.05) is 24.6 Å². The highest BCUT2D eigenvalue weighted by atomic mass is 32.2. The number of benzene rings is 1. The molecule has 2 rings (SSSR count). The summed E-state index contributed by atoms with van der Waals surface area (Å²) in [7, 11) is -3.48. The van der Waals surface area contributed by atoms with Gasteiger partial charge in [0.05, 0.1) is 30.7 Å². The van der Waals surface area contributed by atoms with Gasteiger partial charge in [-0.1, -0.05) is 26.8 Å². The van der Waals surface area contributed by atoms with Crippen LogP contribution >= 0.6 is 11.5 Å². The van der Waals surface area contributed by atoms with Crippen LogP contribution in [0, 0.1) is 5.92 Å². The Bertz CT molecular complexity index is 1140. The lowest BCUT2D eigenvalue weighted by Crippen LogP contribution is -2.29. The molecule has 0 unspecified atom stereocenters. The monoisotopic (exact) mass is 566 g/mol. The molecule has 0 amide bonds. The summed E-state index contributed by atoms with van der Waals surface area (Å²) in [5.74, 6) is -2.23. The number of carboxylic acids is 1. The summed E-state index contributed by atoms with van der Waals surface area (Å²) in [6.07, 6.45) is -1.75. The SMILES string of the molecule is CC(C)CN(CCCCCOS(C)(=O)=O)c1ccc([C@H](C)CC(=O)O)cc1Nc1nc(C(F)(F)F)ns1. The van der Waals surface area contributed by atoms with Gasteiger partial charge < -0.3 is 15.3 Å². The number of rotatable bonds is 15. The Labute approximate surface area is 219 Å². The molecule has 0 aliphatic rings. The molecule has 14 heteroatoms. The molecule has 2 aromatic rings. The van der Waals surface area contributed by atoms with Gasteiger partial charge in [-0.25, -0.2) is 0 Å². The third kappa shape index (κ3) is 10.8. The predicted molar refractivity (Wildman–Crippen MR) is 137 cm³/mol. The molecule has 1 aromatic carbocycles. The first-order valence-electron chi connectivity index (χ1n) is 11.8. The minimum atomic E-state index is -4.67. The normalized spacial score (nSPS) is 13.1. The molecule has 0 aliphatic carbocycles. The summed E-state index contributed by atoms with van der Waals surface area (Å²) in [4.78, 5) is 16.9. The largest absolute Gasteiger partial charge is 0.481 e. The maximum Gasteiger partial charge on any atom is 0.452 e. The lowest BCUT2D eigenvalue weighted by atomic mass is 9.96. The molecule has 0 radical (unpaired) electrons. The number of carboxylic acid groups (broad SMARTS) is 1. The minimum Gasteiger partial charge on any atom is -0.481 e. The van der Waals surface area contributed by atoms with Crippen LogP contribution in [0.3, 0.4) is 0 Å². The van der Waals surface area contributed by atoms with E-state index in [1.54, 1.807) is 13.0 Å². The number of nitrogens with one attached hydrogen (secondary N) is 1. The van der Waals surface area contributed by atoms with Gasteiger partial charge in [0.25, 0.3) is 10.1 Å². The third-order valence-corrected chi connectivity index (χ3v) is 6.51. The second-order valence-corrected chi connectivity index (χ2v) is 11.6. The van der Waals surface area contributed by atoms with Gasteiger partial charge in [0.2, 0.25) is 11.0 Å². The highest BCUT2D eigenvalue weighted by Gasteiger charge is 2.36. The average molecular weight is 567 g/mol. The van der Waals surface area contributed by atoms with E-state index in [9.17, 15) is 31.5 Å². The number of nitrogens with zero attached hydrogens (tertiary/aromatic N) is 3. The predicted octanol–water partition coefficient (Wildman–Crippen LogP) is 5.49. The van der Waals surface area contributed by atoms with Crippen molar-refractivity contribution in [3.63, 3.8) is 0 Å². The molecule has 0 saturated carbocycles. The van der Waals surface area contributed by atoms with Gasteiger partial charge in [-0.05, 0) is 48.8 Å². The molecular formula is C23H33F3N4O5S2. The van der Waals surface area contributed by atoms with Crippen molar-refractivity contribution in [3.8, 4) is 0 Å². The number of anilines is 3. The molecule has 0 bridgehead atoms. The smallest absolute Gasteiger partial charge is 0.452 e. The summed E-state index contributed by atoms with van der Waals surface area (Å²) in [6.45, 7) is 7.23. The fourth-order valence-electron chi connectivity index (χ4n) is 3.66. The quantitative estimate of drug-likeness (QED) is 0.213. The summed E-state index contributed by atoms with van der Waals surface area (Å²) in [5, 5.41) is 12.1. The number of unbranched alkanes of at least 4 members (excludes halogenated alkanes) is 2. The van der Waals surface area contributed by atoms with Crippen LogP contribution in [0.1, 0.15) is 63.8 Å². The fraction of sp³-hybridized carbons (Fsp3) is 0.609. The van der Waals surface area contributed by atoms with E-state index in [-0.39, 0.29) is 30.0 Å². The highest BCUT2D eigenvalue weighted by molar-refractivity contribution is 7.85. The van der Waals surface area contributed by atoms with Crippen LogP contribution in [0.5, 0.6) is 0 Å². The van der Waals surface area contributed by atoms with Crippen LogP contribution in [0.4, 0.5) is 29.7 Å². The topological polar surface area (TPSA) is 122 Å². The van der Waals surface area contributed by atoms with E-state index in [2.05, 4.69) is 19.6 Å². The van der Waals surface area contributed by atoms with E-state index in [0.29, 0.717) is 43.2 Å². The lowest BCUT2D eigenvalue weighted by Gasteiger charge is -2.29. The van der Waals surface area contributed by atoms with Crippen LogP contribution in [0.25, 0.3) is 0 Å². The van der Waals surface area contributed by atoms with Crippen molar-refractivity contribution < 1.29 is 35.7 Å². The molecule has 1 atom stereocenters. The van der Waals surface area contributed by atoms with Gasteiger partial charge in [-0.2, -0.15) is 30.9 Å². The molecule has 0 saturated heterocycles. The van der Waals surface area contributed by atoms with Crippen LogP contribution in [0.2, 0.25) is 0 Å². The fourth-order valence-corrected chi connectivity index (χ4v) is 4.68. The molecule has 1 heterocycles. The Hall–Kier alpha value is -2.45. The van der Waals surface area contributed by atoms with Crippen molar-refractivity contribution >= 4 is 44.1 Å². The average Bonchev–Trinajstić information content (AvgIpc) is 3.23. The minimum absolute atomic E-state index is 0.0287. The molecule has 208 valence electrons. The first kappa shape index (κ1) is 30.8. The van der Waals surface area contributed by atoms with E-state index in [0.717, 1.165) is 23.9 Å². The molecular weight excluding hydrogens is 533 g/mol. The third-order valence-electron chi connectivity index (χ3n) is 5.29. The molecule has 1 aromatic heterocycles. The van der Waals surface area contributed by atoms with Gasteiger partial charge in [0.1, 0.15) is 0 Å². The Balaban J connectivity index is 2.30. The first-order valence-corrected chi connectivity index (χ1v) is 14.4. The number of hydrogen-bond acceptors (Lipinski definition) is 9. The Morgan fingerprint density at radius 2 is 1.92 bits per heavy atom. The van der Waals surface area contributed by atoms with Crippen molar-refractivity contribution in [2.75, 3.05) is 36.2 Å². The van der Waals surface area contributed by atoms with Crippen molar-refractivity contribution in [3.05, 3.63) is 29.6 Å². The Morgan fingerprint density at radius 1 is 1.22 bits per heavy atom. The molecule has 2 N–H and O–H groups in total. The summed E-state index contributed by atoms with van der Waals surface area (Å²) >= 11 is 0.592. The Morgan fingerprint density at radius 3 is 2.49 bits per heavy atom. The number of aromatic nitrogens is 2. The zero-order chi connectivity index (χ0) is 27.8. The molecule has 0 spiro atoms. The van der Waals surface area contributed by atoms with Crippen molar-refractivity contribution in [1.29, 1.82) is 0 Å². The van der Waals surface area contributed by atoms with Gasteiger partial charge in [-0.15, -0.1) is 0 Å². The van der Waals surface area contributed by atoms with E-state index in [1.165, 1.54) is 0 Å². The second-order valence-electron chi connectivity index (χ2n) is 9.25. The lowest BCUT2D eigenvalue weighted by molar-refractivity contribution is -0.144. The van der Waals surface area contributed by atoms with Crippen LogP contribution in [0.15, 0.2) is 18.2 Å². The molecule has 37 heavy (non-hydrogen) atoms. The summed E-state index contributed by atoms with van der Waals surface area (Å²) in [6, 6.07) is 5.39. The zero-order valence-corrected chi connectivity index (χ0v) is 22.8. The number of alkyl halides is 3. The number of hydrogen-bond donors (Lipinski definition) is 2. The first-order chi connectivity index (χ1) is 17.2. The number of carbonyl (C=O) groups is 1. The maximum absolute atomic E-state index is 13.0. The van der Waals surface area contributed by atoms with Gasteiger partial charge >= 0.3 is 12.1 Å². The van der Waals surface area contributed by atoms with E-state index in [1.807, 2.05) is 26.0 Å². The molecule has 9 nitrogen and oxygen atoms in total. The highest BCUT2D eigenvalue weighted by Crippen LogP contribution is 2.36. The summed E-state index contributed by atoms with van der Waals surface area (Å²) < 4.78 is 69.5. The van der Waals surface area contributed by atoms with E-state index < -0.39 is 28.1 Å². The second kappa shape index (κ2) is 13.4. The van der Waals surface area contributed by atoms with Crippen LogP contribution < -0.4 is 10.2 Å². The number of halogens is 3. The molecule has 0 fully saturated rings. The van der Waals surface area contributed by atoms with Crippen molar-refractivity contribution in [2.24, 2.45) is 5.92 Å². The Kier molecular flexibility index (Phi) is 11.1.